The molecule has 0 heterocycles. The highest BCUT2D eigenvalue weighted by molar-refractivity contribution is 5.70. The third-order valence-corrected chi connectivity index (χ3v) is 2.76. The smallest absolute Gasteiger partial charge is 0.307 e. The second kappa shape index (κ2) is 7.29. The average molecular weight is 263 g/mol. The topological polar surface area (TPSA) is 38.3 Å². The summed E-state index contributed by atoms with van der Waals surface area (Å²) in [5, 5.41) is 3.28. The van der Waals surface area contributed by atoms with Crippen molar-refractivity contribution in [2.24, 2.45) is 0 Å². The number of aryl methyl sites for hydroxylation is 1. The van der Waals surface area contributed by atoms with Crippen molar-refractivity contribution in [3.63, 3.8) is 0 Å². The lowest BCUT2D eigenvalue weighted by molar-refractivity contribution is -0.154. The Morgan fingerprint density at radius 3 is 2.53 bits per heavy atom. The van der Waals surface area contributed by atoms with Crippen LogP contribution in [0.25, 0.3) is 0 Å². The van der Waals surface area contributed by atoms with Crippen LogP contribution in [0.5, 0.6) is 0 Å². The summed E-state index contributed by atoms with van der Waals surface area (Å²) in [7, 11) is 0. The third kappa shape index (κ3) is 6.97. The van der Waals surface area contributed by atoms with Crippen LogP contribution >= 0.6 is 0 Å². The fraction of sp³-hybridized carbons (Fsp3) is 0.562. The second-order valence-electron chi connectivity index (χ2n) is 5.76. The lowest BCUT2D eigenvalue weighted by Crippen LogP contribution is -2.27. The van der Waals surface area contributed by atoms with Gasteiger partial charge in [0.1, 0.15) is 5.60 Å². The molecule has 0 aliphatic carbocycles. The molecular weight excluding hydrogens is 238 g/mol. The minimum absolute atomic E-state index is 0.143. The molecule has 106 valence electrons. The molecule has 1 aromatic carbocycles. The molecule has 0 saturated heterocycles. The third-order valence-electron chi connectivity index (χ3n) is 2.76. The Hall–Kier alpha value is -1.35. The fourth-order valence-electron chi connectivity index (χ4n) is 1.82. The van der Waals surface area contributed by atoms with Crippen LogP contribution in [0.15, 0.2) is 24.3 Å². The van der Waals surface area contributed by atoms with Gasteiger partial charge in [-0.25, -0.2) is 0 Å². The number of carbonyl (C=O) groups is 1. The van der Waals surface area contributed by atoms with Crippen molar-refractivity contribution in [3.8, 4) is 0 Å². The molecule has 1 rings (SSSR count). The summed E-state index contributed by atoms with van der Waals surface area (Å²) in [6, 6.07) is 8.37. The maximum atomic E-state index is 11.5. The van der Waals surface area contributed by atoms with Crippen molar-refractivity contribution in [1.82, 2.24) is 5.32 Å². The van der Waals surface area contributed by atoms with Gasteiger partial charge in [0.2, 0.25) is 0 Å². The largest absolute Gasteiger partial charge is 0.460 e. The molecule has 0 amide bonds. The summed E-state index contributed by atoms with van der Waals surface area (Å²) in [5.74, 6) is -0.143. The maximum absolute atomic E-state index is 11.5. The Balaban J connectivity index is 2.15. The van der Waals surface area contributed by atoms with Crippen LogP contribution in [0.4, 0.5) is 0 Å². The van der Waals surface area contributed by atoms with Crippen molar-refractivity contribution in [2.75, 3.05) is 13.1 Å². The van der Waals surface area contributed by atoms with Crippen molar-refractivity contribution < 1.29 is 9.53 Å². The normalized spacial score (nSPS) is 11.4. The zero-order chi connectivity index (χ0) is 14.3. The number of esters is 1. The van der Waals surface area contributed by atoms with Crippen molar-refractivity contribution in [2.45, 2.75) is 46.1 Å². The van der Waals surface area contributed by atoms with E-state index in [1.807, 2.05) is 20.8 Å². The first-order valence-corrected chi connectivity index (χ1v) is 6.85. The van der Waals surface area contributed by atoms with E-state index in [4.69, 9.17) is 4.74 Å². The monoisotopic (exact) mass is 263 g/mol. The van der Waals surface area contributed by atoms with Crippen LogP contribution in [-0.2, 0) is 16.0 Å². The molecular formula is C16H25NO2. The van der Waals surface area contributed by atoms with Crippen molar-refractivity contribution in [3.05, 3.63) is 35.4 Å². The summed E-state index contributed by atoms with van der Waals surface area (Å²) >= 11 is 0. The lowest BCUT2D eigenvalue weighted by atomic mass is 10.1. The summed E-state index contributed by atoms with van der Waals surface area (Å²) in [6.45, 7) is 9.33. The minimum Gasteiger partial charge on any atom is -0.460 e. The van der Waals surface area contributed by atoms with E-state index in [2.05, 4.69) is 36.5 Å². The zero-order valence-corrected chi connectivity index (χ0v) is 12.5. The fourth-order valence-corrected chi connectivity index (χ4v) is 1.82. The summed E-state index contributed by atoms with van der Waals surface area (Å²) in [5.41, 5.74) is 2.28. The number of hydrogen-bond acceptors (Lipinski definition) is 3. The first kappa shape index (κ1) is 15.7. The summed E-state index contributed by atoms with van der Waals surface area (Å²) < 4.78 is 5.24. The Morgan fingerprint density at radius 1 is 1.21 bits per heavy atom. The maximum Gasteiger partial charge on any atom is 0.307 e. The number of ether oxygens (including phenoxy) is 1. The molecule has 0 bridgehead atoms. The summed E-state index contributed by atoms with van der Waals surface area (Å²) in [6.07, 6.45) is 1.41. The van der Waals surface area contributed by atoms with Crippen molar-refractivity contribution >= 4 is 5.97 Å². The second-order valence-corrected chi connectivity index (χ2v) is 5.76. The van der Waals surface area contributed by atoms with Crippen LogP contribution in [0.3, 0.4) is 0 Å². The first-order valence-electron chi connectivity index (χ1n) is 6.85. The van der Waals surface area contributed by atoms with Gasteiger partial charge in [-0.05, 0) is 51.8 Å². The Kier molecular flexibility index (Phi) is 6.03. The van der Waals surface area contributed by atoms with Crippen LogP contribution < -0.4 is 5.32 Å². The quantitative estimate of drug-likeness (QED) is 0.633. The summed E-state index contributed by atoms with van der Waals surface area (Å²) in [4.78, 5) is 11.5. The first-order chi connectivity index (χ1) is 8.88. The van der Waals surface area contributed by atoms with Crippen LogP contribution in [0.1, 0.15) is 38.3 Å². The number of rotatable bonds is 6. The molecule has 0 spiro atoms. The van der Waals surface area contributed by atoms with E-state index in [0.717, 1.165) is 13.0 Å². The predicted molar refractivity (Wildman–Crippen MR) is 78.2 cm³/mol. The van der Waals surface area contributed by atoms with Gasteiger partial charge in [-0.15, -0.1) is 0 Å². The van der Waals surface area contributed by atoms with Gasteiger partial charge in [0.15, 0.2) is 0 Å². The van der Waals surface area contributed by atoms with Crippen molar-refractivity contribution in [1.29, 1.82) is 0 Å². The standard InChI is InChI=1S/C16H25NO2/c1-13-7-5-6-8-14(13)9-11-17-12-10-15(18)19-16(2,3)4/h5-8,17H,9-12H2,1-4H3. The molecule has 0 aliphatic heterocycles. The van der Waals surface area contributed by atoms with Gasteiger partial charge in [0.25, 0.3) is 0 Å². The molecule has 0 fully saturated rings. The van der Waals surface area contributed by atoms with E-state index in [1.165, 1.54) is 11.1 Å². The lowest BCUT2D eigenvalue weighted by Gasteiger charge is -2.19. The van der Waals surface area contributed by atoms with Gasteiger partial charge in [0.05, 0.1) is 6.42 Å². The molecule has 0 atom stereocenters. The molecule has 0 unspecified atom stereocenters. The molecule has 0 radical (unpaired) electrons. The molecule has 0 aromatic heterocycles. The molecule has 19 heavy (non-hydrogen) atoms. The molecule has 0 aliphatic rings. The van der Waals surface area contributed by atoms with Crippen LogP contribution in [0, 0.1) is 6.92 Å². The highest BCUT2D eigenvalue weighted by Crippen LogP contribution is 2.08. The molecule has 0 saturated carbocycles. The number of nitrogens with one attached hydrogen (secondary N) is 1. The van der Waals surface area contributed by atoms with Gasteiger partial charge in [-0.3, -0.25) is 4.79 Å². The number of benzene rings is 1. The van der Waals surface area contributed by atoms with E-state index in [1.54, 1.807) is 0 Å². The van der Waals surface area contributed by atoms with Gasteiger partial charge in [-0.1, -0.05) is 24.3 Å². The van der Waals surface area contributed by atoms with E-state index in [0.29, 0.717) is 13.0 Å². The van der Waals surface area contributed by atoms with E-state index in [-0.39, 0.29) is 5.97 Å². The highest BCUT2D eigenvalue weighted by atomic mass is 16.6. The van der Waals surface area contributed by atoms with E-state index >= 15 is 0 Å². The van der Waals surface area contributed by atoms with E-state index < -0.39 is 5.60 Å². The number of hydrogen-bond donors (Lipinski definition) is 1. The van der Waals surface area contributed by atoms with Gasteiger partial charge in [-0.2, -0.15) is 0 Å². The minimum atomic E-state index is -0.391. The zero-order valence-electron chi connectivity index (χ0n) is 12.5. The molecule has 1 aromatic rings. The molecule has 1 N–H and O–H groups in total. The highest BCUT2D eigenvalue weighted by Gasteiger charge is 2.15. The average Bonchev–Trinajstić information content (AvgIpc) is 2.28. The van der Waals surface area contributed by atoms with Crippen LogP contribution in [0.2, 0.25) is 0 Å². The Bertz CT molecular complexity index is 407. The van der Waals surface area contributed by atoms with E-state index in [9.17, 15) is 4.79 Å². The van der Waals surface area contributed by atoms with Gasteiger partial charge in [0, 0.05) is 6.54 Å². The Morgan fingerprint density at radius 2 is 1.89 bits per heavy atom. The molecule has 3 heteroatoms. The van der Waals surface area contributed by atoms with Crippen LogP contribution in [-0.4, -0.2) is 24.7 Å². The molecule has 3 nitrogen and oxygen atoms in total. The predicted octanol–water partition coefficient (Wildman–Crippen LogP) is 2.86. The SMILES string of the molecule is Cc1ccccc1CCNCCC(=O)OC(C)(C)C. The Labute approximate surface area is 116 Å². The number of carbonyl (C=O) groups excluding carboxylic acids is 1. The van der Waals surface area contributed by atoms with Gasteiger partial charge < -0.3 is 10.1 Å². The van der Waals surface area contributed by atoms with Gasteiger partial charge >= 0.3 is 5.97 Å².